The van der Waals surface area contributed by atoms with Crippen molar-refractivity contribution in [2.75, 3.05) is 11.1 Å². The standard InChI is InChI=1S/C14H13N5S/c1-9-2-4-11(5-3-9)16-14-18-12(17-13(15)19-14)10-6-7-20-8-10/h2-8H,1H3,(H3,15,16,17,18,19). The summed E-state index contributed by atoms with van der Waals surface area (Å²) in [6.45, 7) is 2.04. The quantitative estimate of drug-likeness (QED) is 0.771. The van der Waals surface area contributed by atoms with Crippen LogP contribution in [0.4, 0.5) is 17.6 Å². The van der Waals surface area contributed by atoms with Crippen LogP contribution in [0.2, 0.25) is 0 Å². The molecule has 0 unspecified atom stereocenters. The highest BCUT2D eigenvalue weighted by atomic mass is 32.1. The molecule has 2 heterocycles. The van der Waals surface area contributed by atoms with E-state index in [1.807, 2.05) is 48.0 Å². The van der Waals surface area contributed by atoms with Gasteiger partial charge in [-0.3, -0.25) is 0 Å². The maximum atomic E-state index is 5.74. The summed E-state index contributed by atoms with van der Waals surface area (Å²) in [6.07, 6.45) is 0. The summed E-state index contributed by atoms with van der Waals surface area (Å²) < 4.78 is 0. The minimum Gasteiger partial charge on any atom is -0.368 e. The Morgan fingerprint density at radius 1 is 1.05 bits per heavy atom. The SMILES string of the molecule is Cc1ccc(Nc2nc(N)nc(-c3ccsc3)n2)cc1. The number of rotatable bonds is 3. The smallest absolute Gasteiger partial charge is 0.232 e. The Balaban J connectivity index is 1.92. The van der Waals surface area contributed by atoms with Crippen LogP contribution in [-0.2, 0) is 0 Å². The molecular weight excluding hydrogens is 270 g/mol. The van der Waals surface area contributed by atoms with Crippen molar-refractivity contribution in [2.45, 2.75) is 6.92 Å². The second kappa shape index (κ2) is 5.26. The molecule has 6 heteroatoms. The molecule has 0 radical (unpaired) electrons. The summed E-state index contributed by atoms with van der Waals surface area (Å²) >= 11 is 1.59. The number of nitrogen functional groups attached to an aromatic ring is 1. The minimum absolute atomic E-state index is 0.204. The summed E-state index contributed by atoms with van der Waals surface area (Å²) in [6, 6.07) is 9.94. The van der Waals surface area contributed by atoms with E-state index in [1.165, 1.54) is 5.56 Å². The first-order chi connectivity index (χ1) is 9.70. The van der Waals surface area contributed by atoms with Crippen LogP contribution in [0.5, 0.6) is 0 Å². The number of hydrogen-bond acceptors (Lipinski definition) is 6. The number of anilines is 3. The highest BCUT2D eigenvalue weighted by Crippen LogP contribution is 2.21. The van der Waals surface area contributed by atoms with Gasteiger partial charge in [0.15, 0.2) is 5.82 Å². The lowest BCUT2D eigenvalue weighted by molar-refractivity contribution is 1.08. The molecule has 0 saturated carbocycles. The van der Waals surface area contributed by atoms with Crippen molar-refractivity contribution in [1.29, 1.82) is 0 Å². The van der Waals surface area contributed by atoms with E-state index in [-0.39, 0.29) is 5.95 Å². The van der Waals surface area contributed by atoms with E-state index in [2.05, 4.69) is 20.3 Å². The minimum atomic E-state index is 0.204. The van der Waals surface area contributed by atoms with Crippen LogP contribution in [0.1, 0.15) is 5.56 Å². The number of nitrogens with zero attached hydrogens (tertiary/aromatic N) is 3. The zero-order chi connectivity index (χ0) is 13.9. The number of aromatic nitrogens is 3. The van der Waals surface area contributed by atoms with Crippen molar-refractivity contribution < 1.29 is 0 Å². The molecule has 0 aliphatic carbocycles. The number of thiophene rings is 1. The average molecular weight is 283 g/mol. The molecular formula is C14H13N5S. The molecule has 0 saturated heterocycles. The van der Waals surface area contributed by atoms with Gasteiger partial charge in [0.1, 0.15) is 0 Å². The van der Waals surface area contributed by atoms with Gasteiger partial charge >= 0.3 is 0 Å². The fourth-order valence-corrected chi connectivity index (χ4v) is 2.37. The molecule has 0 fully saturated rings. The van der Waals surface area contributed by atoms with Crippen LogP contribution in [0.15, 0.2) is 41.1 Å². The molecule has 1 aromatic carbocycles. The van der Waals surface area contributed by atoms with Gasteiger partial charge in [0.2, 0.25) is 11.9 Å². The number of nitrogens with two attached hydrogens (primary N) is 1. The van der Waals surface area contributed by atoms with E-state index in [9.17, 15) is 0 Å². The Morgan fingerprint density at radius 2 is 1.85 bits per heavy atom. The normalized spacial score (nSPS) is 10.4. The van der Waals surface area contributed by atoms with Crippen LogP contribution in [0.3, 0.4) is 0 Å². The summed E-state index contributed by atoms with van der Waals surface area (Å²) in [5.74, 6) is 1.23. The molecule has 0 spiro atoms. The second-order valence-corrected chi connectivity index (χ2v) is 5.12. The molecule has 0 amide bonds. The highest BCUT2D eigenvalue weighted by molar-refractivity contribution is 7.08. The molecule has 3 N–H and O–H groups in total. The van der Waals surface area contributed by atoms with E-state index in [0.29, 0.717) is 11.8 Å². The van der Waals surface area contributed by atoms with Crippen LogP contribution >= 0.6 is 11.3 Å². The molecule has 20 heavy (non-hydrogen) atoms. The third kappa shape index (κ3) is 2.75. The molecule has 3 aromatic rings. The summed E-state index contributed by atoms with van der Waals surface area (Å²) in [5.41, 5.74) is 8.80. The van der Waals surface area contributed by atoms with E-state index in [1.54, 1.807) is 11.3 Å². The maximum Gasteiger partial charge on any atom is 0.232 e. The molecule has 0 aliphatic rings. The average Bonchev–Trinajstić information content (AvgIpc) is 2.95. The maximum absolute atomic E-state index is 5.74. The number of hydrogen-bond donors (Lipinski definition) is 2. The van der Waals surface area contributed by atoms with E-state index >= 15 is 0 Å². The van der Waals surface area contributed by atoms with Crippen LogP contribution in [0, 0.1) is 6.92 Å². The van der Waals surface area contributed by atoms with E-state index in [0.717, 1.165) is 11.3 Å². The zero-order valence-electron chi connectivity index (χ0n) is 10.9. The van der Waals surface area contributed by atoms with Crippen molar-refractivity contribution in [2.24, 2.45) is 0 Å². The van der Waals surface area contributed by atoms with Crippen LogP contribution < -0.4 is 11.1 Å². The lowest BCUT2D eigenvalue weighted by Crippen LogP contribution is -2.04. The molecule has 0 bridgehead atoms. The van der Waals surface area contributed by atoms with Crippen LogP contribution in [0.25, 0.3) is 11.4 Å². The van der Waals surface area contributed by atoms with Gasteiger partial charge in [-0.25, -0.2) is 0 Å². The van der Waals surface area contributed by atoms with E-state index in [4.69, 9.17) is 5.73 Å². The van der Waals surface area contributed by atoms with Crippen molar-refractivity contribution in [3.63, 3.8) is 0 Å². The summed E-state index contributed by atoms with van der Waals surface area (Å²) in [7, 11) is 0. The monoisotopic (exact) mass is 283 g/mol. The van der Waals surface area contributed by atoms with Gasteiger partial charge in [-0.1, -0.05) is 17.7 Å². The molecule has 5 nitrogen and oxygen atoms in total. The Morgan fingerprint density at radius 3 is 2.55 bits per heavy atom. The lowest BCUT2D eigenvalue weighted by Gasteiger charge is -2.07. The second-order valence-electron chi connectivity index (χ2n) is 4.34. The first kappa shape index (κ1) is 12.6. The summed E-state index contributed by atoms with van der Waals surface area (Å²) in [4.78, 5) is 12.7. The fraction of sp³-hybridized carbons (Fsp3) is 0.0714. The number of aryl methyl sites for hydroxylation is 1. The van der Waals surface area contributed by atoms with Crippen molar-refractivity contribution in [3.05, 3.63) is 46.7 Å². The molecule has 0 aliphatic heterocycles. The Hall–Kier alpha value is -2.47. The third-order valence-electron chi connectivity index (χ3n) is 2.74. The molecule has 0 atom stereocenters. The van der Waals surface area contributed by atoms with E-state index < -0.39 is 0 Å². The van der Waals surface area contributed by atoms with Gasteiger partial charge in [-0.05, 0) is 30.5 Å². The zero-order valence-corrected chi connectivity index (χ0v) is 11.7. The molecule has 100 valence electrons. The fourth-order valence-electron chi connectivity index (χ4n) is 1.74. The van der Waals surface area contributed by atoms with Gasteiger partial charge < -0.3 is 11.1 Å². The Kier molecular flexibility index (Phi) is 3.30. The summed E-state index contributed by atoms with van der Waals surface area (Å²) in [5, 5.41) is 7.09. The predicted octanol–water partition coefficient (Wildman–Crippen LogP) is 3.23. The highest BCUT2D eigenvalue weighted by Gasteiger charge is 2.07. The largest absolute Gasteiger partial charge is 0.368 e. The predicted molar refractivity (Wildman–Crippen MR) is 82.0 cm³/mol. The van der Waals surface area contributed by atoms with Crippen molar-refractivity contribution in [3.8, 4) is 11.4 Å². The van der Waals surface area contributed by atoms with Crippen molar-refractivity contribution in [1.82, 2.24) is 15.0 Å². The van der Waals surface area contributed by atoms with Gasteiger partial charge in [-0.15, -0.1) is 0 Å². The Labute approximate surface area is 120 Å². The molecule has 2 aromatic heterocycles. The Bertz CT molecular complexity index is 707. The van der Waals surface area contributed by atoms with Gasteiger partial charge in [0.25, 0.3) is 0 Å². The topological polar surface area (TPSA) is 76.7 Å². The number of benzene rings is 1. The molecule has 3 rings (SSSR count). The van der Waals surface area contributed by atoms with Gasteiger partial charge in [0.05, 0.1) is 0 Å². The van der Waals surface area contributed by atoms with Gasteiger partial charge in [0, 0.05) is 16.6 Å². The number of nitrogens with one attached hydrogen (secondary N) is 1. The van der Waals surface area contributed by atoms with Gasteiger partial charge in [-0.2, -0.15) is 26.3 Å². The lowest BCUT2D eigenvalue weighted by atomic mass is 10.2. The van der Waals surface area contributed by atoms with Crippen molar-refractivity contribution >= 4 is 28.9 Å². The third-order valence-corrected chi connectivity index (χ3v) is 3.42. The first-order valence-electron chi connectivity index (χ1n) is 6.08. The first-order valence-corrected chi connectivity index (χ1v) is 7.03. The van der Waals surface area contributed by atoms with Crippen LogP contribution in [-0.4, -0.2) is 15.0 Å².